The summed E-state index contributed by atoms with van der Waals surface area (Å²) >= 11 is 0. The van der Waals surface area contributed by atoms with Crippen LogP contribution in [0.15, 0.2) is 47.6 Å². The van der Waals surface area contributed by atoms with E-state index in [1.165, 1.54) is 13.2 Å². The van der Waals surface area contributed by atoms with Crippen molar-refractivity contribution in [2.45, 2.75) is 57.3 Å². The fourth-order valence-corrected chi connectivity index (χ4v) is 4.70. The van der Waals surface area contributed by atoms with Crippen LogP contribution in [0.3, 0.4) is 0 Å². The Morgan fingerprint density at radius 3 is 2.69 bits per heavy atom. The number of carbonyl (C=O) groups excluding carboxylic acids is 1. The van der Waals surface area contributed by atoms with Crippen LogP contribution in [0.5, 0.6) is 5.75 Å². The van der Waals surface area contributed by atoms with Crippen LogP contribution in [0.2, 0.25) is 0 Å². The first-order valence-electron chi connectivity index (χ1n) is 12.8. The zero-order valence-electron chi connectivity index (χ0n) is 21.6. The first-order chi connectivity index (χ1) is 18.6. The van der Waals surface area contributed by atoms with E-state index < -0.39 is 25.0 Å². The lowest BCUT2D eigenvalue weighted by atomic mass is 9.99. The highest BCUT2D eigenvalue weighted by atomic mass is 19.4. The van der Waals surface area contributed by atoms with E-state index in [9.17, 15) is 22.4 Å². The number of hydrogen-bond donors (Lipinski definition) is 2. The molecule has 206 valence electrons. The second-order valence-electron chi connectivity index (χ2n) is 9.98. The molecule has 1 aliphatic heterocycles. The van der Waals surface area contributed by atoms with Crippen LogP contribution in [-0.4, -0.2) is 53.2 Å². The second-order valence-corrected chi connectivity index (χ2v) is 9.98. The molecule has 1 aromatic heterocycles. The summed E-state index contributed by atoms with van der Waals surface area (Å²) in [6.07, 6.45) is -1.01. The third-order valence-electron chi connectivity index (χ3n) is 6.85. The van der Waals surface area contributed by atoms with Crippen molar-refractivity contribution in [3.05, 3.63) is 70.9 Å². The van der Waals surface area contributed by atoms with E-state index >= 15 is 0 Å². The molecule has 1 unspecified atom stereocenters. The summed E-state index contributed by atoms with van der Waals surface area (Å²) in [6, 6.07) is 10.1. The molecule has 11 heteroatoms. The standard InChI is InChI=1S/C28H29F4N5O2/c1-16-11-18(4-7-21(16)27(38)35-19-5-6-19)24-15-34-26-23(33-10-9-28(30,31)32)14-20(36-37(24)26)12-17-3-8-25(39-2)22(29)13-17/h3-4,7-8,11,13,15,19-20,36H,5-6,9-10,12,14H2,1-2H3,(H,35,38). The van der Waals surface area contributed by atoms with Gasteiger partial charge in [0.25, 0.3) is 5.91 Å². The number of rotatable bonds is 8. The minimum absolute atomic E-state index is 0.110. The molecule has 39 heavy (non-hydrogen) atoms. The van der Waals surface area contributed by atoms with E-state index in [0.717, 1.165) is 24.0 Å². The van der Waals surface area contributed by atoms with Gasteiger partial charge in [-0.25, -0.2) is 14.1 Å². The number of benzene rings is 2. The molecule has 5 rings (SSSR count). The predicted molar refractivity (Wildman–Crippen MR) is 139 cm³/mol. The summed E-state index contributed by atoms with van der Waals surface area (Å²) in [5.41, 5.74) is 7.38. The van der Waals surface area contributed by atoms with Crippen molar-refractivity contribution in [3.8, 4) is 17.0 Å². The van der Waals surface area contributed by atoms with E-state index in [0.29, 0.717) is 41.2 Å². The summed E-state index contributed by atoms with van der Waals surface area (Å²) in [4.78, 5) is 21.3. The Labute approximate surface area is 223 Å². The highest BCUT2D eigenvalue weighted by Crippen LogP contribution is 2.29. The van der Waals surface area contributed by atoms with Gasteiger partial charge in [0, 0.05) is 30.1 Å². The molecule has 1 fully saturated rings. The van der Waals surface area contributed by atoms with Crippen LogP contribution >= 0.6 is 0 Å². The zero-order chi connectivity index (χ0) is 27.7. The highest BCUT2D eigenvalue weighted by molar-refractivity contribution is 6.00. The number of halogens is 4. The van der Waals surface area contributed by atoms with Crippen LogP contribution in [0.25, 0.3) is 11.3 Å². The Morgan fingerprint density at radius 1 is 1.23 bits per heavy atom. The fourth-order valence-electron chi connectivity index (χ4n) is 4.70. The summed E-state index contributed by atoms with van der Waals surface area (Å²) in [5, 5.41) is 2.99. The lowest BCUT2D eigenvalue weighted by Crippen LogP contribution is -2.40. The van der Waals surface area contributed by atoms with Crippen molar-refractivity contribution in [1.29, 1.82) is 0 Å². The average molecular weight is 544 g/mol. The maximum Gasteiger partial charge on any atom is 0.390 e. The van der Waals surface area contributed by atoms with E-state index in [4.69, 9.17) is 4.74 Å². The van der Waals surface area contributed by atoms with Crippen LogP contribution < -0.4 is 15.5 Å². The highest BCUT2D eigenvalue weighted by Gasteiger charge is 2.30. The first-order valence-corrected chi connectivity index (χ1v) is 12.8. The summed E-state index contributed by atoms with van der Waals surface area (Å²) in [6.45, 7) is 1.45. The van der Waals surface area contributed by atoms with Gasteiger partial charge in [-0.1, -0.05) is 12.1 Å². The summed E-state index contributed by atoms with van der Waals surface area (Å²) < 4.78 is 59.5. The zero-order valence-corrected chi connectivity index (χ0v) is 21.6. The number of aromatic nitrogens is 2. The van der Waals surface area contributed by atoms with Gasteiger partial charge in [-0.2, -0.15) is 13.2 Å². The number of aryl methyl sites for hydroxylation is 1. The Hall–Kier alpha value is -3.89. The molecular formula is C28H29F4N5O2. The number of carbonyl (C=O) groups is 1. The van der Waals surface area contributed by atoms with Crippen LogP contribution in [0.4, 0.5) is 17.6 Å². The maximum absolute atomic E-state index is 14.3. The lowest BCUT2D eigenvalue weighted by molar-refractivity contribution is -0.132. The van der Waals surface area contributed by atoms with Gasteiger partial charge in [-0.3, -0.25) is 9.79 Å². The van der Waals surface area contributed by atoms with E-state index in [1.54, 1.807) is 29.1 Å². The average Bonchev–Trinajstić information content (AvgIpc) is 3.58. The third-order valence-corrected chi connectivity index (χ3v) is 6.85. The molecular weight excluding hydrogens is 514 g/mol. The number of hydrogen-bond acceptors (Lipinski definition) is 5. The molecule has 1 atom stereocenters. The smallest absolute Gasteiger partial charge is 0.390 e. The molecule has 1 amide bonds. The SMILES string of the molecule is COc1ccc(CC2CC(=NCCC(F)(F)F)c3ncc(-c4ccc(C(=O)NC5CC5)c(C)c4)n3N2)cc1F. The molecule has 0 bridgehead atoms. The number of aliphatic imine (C=N–C) groups is 1. The molecule has 2 aliphatic rings. The van der Waals surface area contributed by atoms with Gasteiger partial charge >= 0.3 is 6.18 Å². The third kappa shape index (κ3) is 6.23. The molecule has 3 aromatic rings. The topological polar surface area (TPSA) is 80.5 Å². The number of nitrogens with zero attached hydrogens (tertiary/aromatic N) is 3. The summed E-state index contributed by atoms with van der Waals surface area (Å²) in [5.74, 6) is -0.0397. The summed E-state index contributed by atoms with van der Waals surface area (Å²) in [7, 11) is 1.39. The van der Waals surface area contributed by atoms with Crippen LogP contribution in [0, 0.1) is 12.7 Å². The van der Waals surface area contributed by atoms with Crippen molar-refractivity contribution in [3.63, 3.8) is 0 Å². The molecule has 7 nitrogen and oxygen atoms in total. The van der Waals surface area contributed by atoms with Gasteiger partial charge in [0.2, 0.25) is 0 Å². The van der Waals surface area contributed by atoms with Gasteiger partial charge in [0.05, 0.1) is 37.2 Å². The normalized spacial score (nSPS) is 18.0. The van der Waals surface area contributed by atoms with E-state index in [-0.39, 0.29) is 23.7 Å². The minimum Gasteiger partial charge on any atom is -0.494 e. The Morgan fingerprint density at radius 2 is 2.03 bits per heavy atom. The van der Waals surface area contributed by atoms with Gasteiger partial charge in [-0.05, 0) is 61.6 Å². The van der Waals surface area contributed by atoms with Gasteiger partial charge in [-0.15, -0.1) is 0 Å². The van der Waals surface area contributed by atoms with Crippen molar-refractivity contribution in [1.82, 2.24) is 15.0 Å². The lowest BCUT2D eigenvalue weighted by Gasteiger charge is -2.29. The van der Waals surface area contributed by atoms with Gasteiger partial charge < -0.3 is 15.5 Å². The van der Waals surface area contributed by atoms with Crippen molar-refractivity contribution >= 4 is 11.6 Å². The number of nitrogens with one attached hydrogen (secondary N) is 2. The molecule has 2 aromatic carbocycles. The first kappa shape index (κ1) is 26.7. The molecule has 0 radical (unpaired) electrons. The number of methoxy groups -OCH3 is 1. The number of alkyl halides is 3. The van der Waals surface area contributed by atoms with Crippen molar-refractivity contribution < 1.29 is 27.1 Å². The van der Waals surface area contributed by atoms with E-state index in [1.807, 2.05) is 19.1 Å². The fraction of sp³-hybridized carbons (Fsp3) is 0.393. The number of amides is 1. The monoisotopic (exact) mass is 543 g/mol. The van der Waals surface area contributed by atoms with Gasteiger partial charge in [0.1, 0.15) is 0 Å². The molecule has 2 heterocycles. The van der Waals surface area contributed by atoms with E-state index in [2.05, 4.69) is 20.7 Å². The Kier molecular flexibility index (Phi) is 7.33. The molecule has 0 saturated heterocycles. The molecule has 1 saturated carbocycles. The maximum atomic E-state index is 14.3. The Balaban J connectivity index is 1.44. The molecule has 2 N–H and O–H groups in total. The predicted octanol–water partition coefficient (Wildman–Crippen LogP) is 5.20. The van der Waals surface area contributed by atoms with Crippen molar-refractivity contribution in [2.24, 2.45) is 4.99 Å². The van der Waals surface area contributed by atoms with Gasteiger partial charge in [0.15, 0.2) is 17.4 Å². The Bertz CT molecular complexity index is 1410. The molecule has 0 spiro atoms. The number of fused-ring (bicyclic) bond motifs is 1. The largest absolute Gasteiger partial charge is 0.494 e. The number of ether oxygens (including phenoxy) is 1. The number of imidazole rings is 1. The van der Waals surface area contributed by atoms with Crippen LogP contribution in [-0.2, 0) is 6.42 Å². The minimum atomic E-state index is -4.32. The molecule has 1 aliphatic carbocycles. The quantitative estimate of drug-likeness (QED) is 0.383. The van der Waals surface area contributed by atoms with Crippen molar-refractivity contribution in [2.75, 3.05) is 19.1 Å². The second kappa shape index (κ2) is 10.7. The van der Waals surface area contributed by atoms with Crippen LogP contribution in [0.1, 0.15) is 53.0 Å².